The smallest absolute Gasteiger partial charge is 0.319 e. The number of hydrogen-bond donors (Lipinski definition) is 1. The van der Waals surface area contributed by atoms with Crippen LogP contribution in [0, 0.1) is 0 Å². The number of amides is 2. The number of carbonyl (C=O) groups is 1. The van der Waals surface area contributed by atoms with Crippen LogP contribution in [0.1, 0.15) is 19.8 Å². The van der Waals surface area contributed by atoms with Gasteiger partial charge in [-0.15, -0.1) is 0 Å². The molecule has 9 nitrogen and oxygen atoms in total. The van der Waals surface area contributed by atoms with Crippen LogP contribution in [0.2, 0.25) is 10.4 Å². The molecule has 31 heavy (non-hydrogen) atoms. The summed E-state index contributed by atoms with van der Waals surface area (Å²) in [6.07, 6.45) is 1.60. The summed E-state index contributed by atoms with van der Waals surface area (Å²) in [5.74, 6) is 0. The number of nitrogens with one attached hydrogen (secondary N) is 1. The fraction of sp³-hybridized carbons (Fsp3) is 0.526. The number of urea groups is 1. The Morgan fingerprint density at radius 3 is 2.35 bits per heavy atom. The van der Waals surface area contributed by atoms with Crippen molar-refractivity contribution in [2.24, 2.45) is 0 Å². The predicted octanol–water partition coefficient (Wildman–Crippen LogP) is 2.57. The van der Waals surface area contributed by atoms with Gasteiger partial charge < -0.3 is 14.7 Å². The first-order valence-corrected chi connectivity index (χ1v) is 12.1. The molecule has 1 aromatic carbocycles. The van der Waals surface area contributed by atoms with Gasteiger partial charge in [-0.3, -0.25) is 0 Å². The number of halogens is 2. The Labute approximate surface area is 191 Å². The quantitative estimate of drug-likeness (QED) is 0.526. The fourth-order valence-electron chi connectivity index (χ4n) is 3.62. The molecule has 12 heteroatoms. The van der Waals surface area contributed by atoms with Crippen LogP contribution < -0.4 is 9.62 Å². The average molecular weight is 487 g/mol. The summed E-state index contributed by atoms with van der Waals surface area (Å²) in [6.45, 7) is 3.91. The summed E-state index contributed by atoms with van der Waals surface area (Å²) in [4.78, 5) is 26.0. The van der Waals surface area contributed by atoms with Crippen LogP contribution in [0.3, 0.4) is 0 Å². The lowest BCUT2D eigenvalue weighted by Crippen LogP contribution is -2.51. The molecule has 1 aliphatic heterocycles. The summed E-state index contributed by atoms with van der Waals surface area (Å²) in [5.41, 5.74) is 0.669. The zero-order valence-corrected chi connectivity index (χ0v) is 19.9. The van der Waals surface area contributed by atoms with E-state index in [9.17, 15) is 13.2 Å². The van der Waals surface area contributed by atoms with Crippen molar-refractivity contribution in [2.45, 2.75) is 30.2 Å². The number of benzene rings is 1. The van der Waals surface area contributed by atoms with Crippen molar-refractivity contribution in [3.63, 3.8) is 0 Å². The maximum atomic E-state index is 13.1. The van der Waals surface area contributed by atoms with Gasteiger partial charge in [0.05, 0.1) is 10.6 Å². The summed E-state index contributed by atoms with van der Waals surface area (Å²) >= 11 is 12.4. The fourth-order valence-corrected chi connectivity index (χ4v) is 5.56. The number of aromatic nitrogens is 2. The van der Waals surface area contributed by atoms with Crippen LogP contribution in [-0.2, 0) is 10.0 Å². The molecule has 1 aliphatic carbocycles. The number of piperazine rings is 1. The third kappa shape index (κ3) is 4.52. The third-order valence-corrected chi connectivity index (χ3v) is 7.72. The van der Waals surface area contributed by atoms with Gasteiger partial charge in [0.2, 0.25) is 15.3 Å². The Morgan fingerprint density at radius 2 is 1.77 bits per heavy atom. The van der Waals surface area contributed by atoms with Crippen LogP contribution in [0.15, 0.2) is 17.0 Å². The lowest BCUT2D eigenvalue weighted by Gasteiger charge is -2.37. The number of fused-ring (bicyclic) bond motifs is 1. The first-order chi connectivity index (χ1) is 14.5. The molecule has 2 amide bonds. The van der Waals surface area contributed by atoms with E-state index in [1.807, 2.05) is 11.8 Å². The highest BCUT2D eigenvalue weighted by atomic mass is 35.5. The minimum Gasteiger partial charge on any atom is -0.366 e. The maximum absolute atomic E-state index is 13.1. The monoisotopic (exact) mass is 486 g/mol. The van der Waals surface area contributed by atoms with Crippen molar-refractivity contribution in [3.8, 4) is 0 Å². The van der Waals surface area contributed by atoms with Crippen molar-refractivity contribution in [1.29, 1.82) is 0 Å². The van der Waals surface area contributed by atoms with Crippen LogP contribution in [0.5, 0.6) is 0 Å². The van der Waals surface area contributed by atoms with E-state index in [2.05, 4.69) is 14.7 Å². The molecule has 2 aliphatic rings. The first kappa shape index (κ1) is 22.3. The van der Waals surface area contributed by atoms with Gasteiger partial charge in [-0.2, -0.15) is 0 Å². The van der Waals surface area contributed by atoms with Crippen LogP contribution in [0.25, 0.3) is 10.9 Å². The predicted molar refractivity (Wildman–Crippen MR) is 120 cm³/mol. The largest absolute Gasteiger partial charge is 0.366 e. The second-order valence-corrected chi connectivity index (χ2v) is 10.8. The standard InChI is InChI=1S/C19H24Cl2N6O3S/c1-19(4-5-19)24-31(29,30)12-10-13-15(22-17(21)23-16(13)20)14(11-12)26-6-8-27(9-7-26)18(28)25(2)3/h10-11,24H,4-9H2,1-3H3. The van der Waals surface area contributed by atoms with Gasteiger partial charge in [0, 0.05) is 51.2 Å². The molecule has 2 fully saturated rings. The van der Waals surface area contributed by atoms with E-state index >= 15 is 0 Å². The van der Waals surface area contributed by atoms with E-state index in [0.717, 1.165) is 12.8 Å². The Bertz CT molecular complexity index is 1150. The SMILES string of the molecule is CN(C)C(=O)N1CCN(c2cc(S(=O)(=O)NC3(C)CC3)cc3c(Cl)nc(Cl)nc23)CC1. The van der Waals surface area contributed by atoms with E-state index < -0.39 is 15.6 Å². The zero-order valence-electron chi connectivity index (χ0n) is 17.5. The van der Waals surface area contributed by atoms with Crippen LogP contribution in [-0.4, -0.2) is 80.0 Å². The average Bonchev–Trinajstić information content (AvgIpc) is 3.42. The number of anilines is 1. The molecule has 0 radical (unpaired) electrons. The topological polar surface area (TPSA) is 98.7 Å². The highest BCUT2D eigenvalue weighted by Crippen LogP contribution is 2.38. The van der Waals surface area contributed by atoms with E-state index in [1.54, 1.807) is 25.1 Å². The third-order valence-electron chi connectivity index (χ3n) is 5.64. The Balaban J connectivity index is 1.74. The Hall–Kier alpha value is -1.88. The number of rotatable bonds is 4. The Kier molecular flexibility index (Phi) is 5.70. The molecule has 1 N–H and O–H groups in total. The highest BCUT2D eigenvalue weighted by molar-refractivity contribution is 7.89. The van der Waals surface area contributed by atoms with Crippen LogP contribution in [0.4, 0.5) is 10.5 Å². The number of carbonyl (C=O) groups excluding carboxylic acids is 1. The molecule has 1 saturated heterocycles. The molecule has 1 saturated carbocycles. The van der Waals surface area contributed by atoms with Gasteiger partial charge in [0.15, 0.2) is 0 Å². The van der Waals surface area contributed by atoms with E-state index in [1.165, 1.54) is 11.0 Å². The first-order valence-electron chi connectivity index (χ1n) is 9.91. The summed E-state index contributed by atoms with van der Waals surface area (Å²) in [7, 11) is -0.339. The van der Waals surface area contributed by atoms with Gasteiger partial charge in [0.1, 0.15) is 10.7 Å². The second kappa shape index (κ2) is 7.91. The van der Waals surface area contributed by atoms with Crippen LogP contribution >= 0.6 is 23.2 Å². The highest BCUT2D eigenvalue weighted by Gasteiger charge is 2.41. The molecule has 1 aromatic heterocycles. The zero-order chi connectivity index (χ0) is 22.6. The molecule has 0 spiro atoms. The number of nitrogens with zero attached hydrogens (tertiary/aromatic N) is 5. The molecule has 0 atom stereocenters. The molecule has 2 heterocycles. The molecule has 168 valence electrons. The Morgan fingerprint density at radius 1 is 1.13 bits per heavy atom. The number of hydrogen-bond acceptors (Lipinski definition) is 6. The van der Waals surface area contributed by atoms with Crippen molar-refractivity contribution < 1.29 is 13.2 Å². The van der Waals surface area contributed by atoms with Gasteiger partial charge in [-0.1, -0.05) is 11.6 Å². The molecular formula is C19H24Cl2N6O3S. The van der Waals surface area contributed by atoms with Gasteiger partial charge in [-0.25, -0.2) is 27.9 Å². The van der Waals surface area contributed by atoms with Crippen molar-refractivity contribution in [2.75, 3.05) is 45.2 Å². The van der Waals surface area contributed by atoms with E-state index in [4.69, 9.17) is 23.2 Å². The molecule has 0 unspecified atom stereocenters. The lowest BCUT2D eigenvalue weighted by atomic mass is 10.1. The van der Waals surface area contributed by atoms with E-state index in [-0.39, 0.29) is 21.4 Å². The summed E-state index contributed by atoms with van der Waals surface area (Å²) in [6, 6.07) is 3.02. The summed E-state index contributed by atoms with van der Waals surface area (Å²) < 4.78 is 28.9. The lowest BCUT2D eigenvalue weighted by molar-refractivity contribution is 0.168. The second-order valence-electron chi connectivity index (χ2n) is 8.44. The normalized spacial score (nSPS) is 18.4. The van der Waals surface area contributed by atoms with Crippen molar-refractivity contribution in [3.05, 3.63) is 22.6 Å². The summed E-state index contributed by atoms with van der Waals surface area (Å²) in [5, 5.41) is 0.489. The minimum absolute atomic E-state index is 0.0144. The van der Waals surface area contributed by atoms with E-state index in [0.29, 0.717) is 42.8 Å². The van der Waals surface area contributed by atoms with Gasteiger partial charge in [-0.05, 0) is 43.5 Å². The maximum Gasteiger partial charge on any atom is 0.319 e. The molecule has 4 rings (SSSR count). The van der Waals surface area contributed by atoms with Crippen molar-refractivity contribution >= 4 is 55.8 Å². The van der Waals surface area contributed by atoms with Gasteiger partial charge >= 0.3 is 6.03 Å². The van der Waals surface area contributed by atoms with Crippen molar-refractivity contribution in [1.82, 2.24) is 24.5 Å². The minimum atomic E-state index is -3.77. The molecule has 0 bridgehead atoms. The molecular weight excluding hydrogens is 463 g/mol. The number of sulfonamides is 1. The molecule has 2 aromatic rings. The van der Waals surface area contributed by atoms with Gasteiger partial charge in [0.25, 0.3) is 0 Å².